The lowest BCUT2D eigenvalue weighted by Crippen LogP contribution is -2.53. The summed E-state index contributed by atoms with van der Waals surface area (Å²) >= 11 is 1.03. The van der Waals surface area contributed by atoms with Crippen molar-refractivity contribution in [2.24, 2.45) is 22.2 Å². The molecule has 2 aliphatic carbocycles. The van der Waals surface area contributed by atoms with Crippen LogP contribution in [0.4, 0.5) is 9.39 Å². The Kier molecular flexibility index (Phi) is 6.48. The van der Waals surface area contributed by atoms with Crippen molar-refractivity contribution in [2.75, 3.05) is 18.7 Å². The number of thiophene rings is 1. The van der Waals surface area contributed by atoms with Gasteiger partial charge >= 0.3 is 0 Å². The molecule has 3 heterocycles. The van der Waals surface area contributed by atoms with E-state index in [2.05, 4.69) is 14.4 Å². The van der Waals surface area contributed by atoms with Crippen LogP contribution in [0, 0.1) is 23.6 Å². The molecule has 2 aromatic rings. The first-order valence-electron chi connectivity index (χ1n) is 12.6. The standard InChI is InChI=1S/C25H27FN4O7S3/c1-37-17-7-12(3-6-16(17)26)10-30-20-14-5-4-13(8-14)18(20)21(31)19(25(30)32)23-28-24-22(40(35,36)29-23)15(11-38-24)9-27-39(2,33)34/h3,6-7,11,13-14,18,20,27,31H,4-5,8-10H2,1-2H3,(H,28,29)/t13-,14+,18+,20-/m0/s1. The van der Waals surface area contributed by atoms with Crippen molar-refractivity contribution in [3.63, 3.8) is 0 Å². The maximum absolute atomic E-state index is 14.1. The number of carbonyl (C=O) groups excluding carboxylic acids is 1. The summed E-state index contributed by atoms with van der Waals surface area (Å²) in [5, 5.41) is 16.0. The van der Waals surface area contributed by atoms with Crippen LogP contribution in [-0.4, -0.2) is 58.0 Å². The van der Waals surface area contributed by atoms with Crippen LogP contribution in [0.5, 0.6) is 5.75 Å². The summed E-state index contributed by atoms with van der Waals surface area (Å²) in [7, 11) is -6.56. The fourth-order valence-electron chi connectivity index (χ4n) is 6.54. The van der Waals surface area contributed by atoms with Crippen molar-refractivity contribution in [3.8, 4) is 5.75 Å². The molecular weight excluding hydrogens is 583 g/mol. The summed E-state index contributed by atoms with van der Waals surface area (Å²) in [6.45, 7) is -0.132. The van der Waals surface area contributed by atoms with Crippen LogP contribution in [0.15, 0.2) is 44.2 Å². The van der Waals surface area contributed by atoms with Gasteiger partial charge in [0.15, 0.2) is 17.4 Å². The number of halogens is 1. The van der Waals surface area contributed by atoms with Crippen LogP contribution >= 0.6 is 11.3 Å². The predicted molar refractivity (Wildman–Crippen MR) is 146 cm³/mol. The molecule has 1 amide bonds. The molecule has 1 aromatic heterocycles. The van der Waals surface area contributed by atoms with E-state index in [0.717, 1.165) is 36.9 Å². The van der Waals surface area contributed by atoms with E-state index in [4.69, 9.17) is 4.74 Å². The zero-order chi connectivity index (χ0) is 28.6. The largest absolute Gasteiger partial charge is 0.511 e. The van der Waals surface area contributed by atoms with Crippen LogP contribution in [0.1, 0.15) is 30.4 Å². The van der Waals surface area contributed by atoms with Crippen molar-refractivity contribution in [1.29, 1.82) is 0 Å². The Morgan fingerprint density at radius 2 is 2.05 bits per heavy atom. The molecule has 0 radical (unpaired) electrons. The zero-order valence-corrected chi connectivity index (χ0v) is 24.0. The number of aliphatic hydroxyl groups is 1. The van der Waals surface area contributed by atoms with Crippen molar-refractivity contribution >= 4 is 48.1 Å². The third-order valence-electron chi connectivity index (χ3n) is 8.13. The Labute approximate surface area is 234 Å². The van der Waals surface area contributed by atoms with E-state index in [1.807, 2.05) is 0 Å². The molecule has 2 bridgehead atoms. The summed E-state index contributed by atoms with van der Waals surface area (Å²) < 4.78 is 75.0. The molecule has 0 unspecified atom stereocenters. The molecular formula is C25H27FN4O7S3. The van der Waals surface area contributed by atoms with Gasteiger partial charge in [-0.2, -0.15) is 8.42 Å². The molecule has 214 valence electrons. The lowest BCUT2D eigenvalue weighted by atomic mass is 9.77. The second-order valence-electron chi connectivity index (χ2n) is 10.6. The number of amidine groups is 1. The SMILES string of the molecule is COc1cc(CN2C(=O)C(C3=NS(=O)(=O)c4c(CNS(C)(=O)=O)csc4N3)=C(O)[C@@H]3[C@H]4CC[C@H](C4)[C@@H]32)ccc1F. The normalized spacial score (nSPS) is 26.8. The number of sulfonamides is 2. The first kappa shape index (κ1) is 27.2. The van der Waals surface area contributed by atoms with Crippen molar-refractivity contribution in [2.45, 2.75) is 43.3 Å². The van der Waals surface area contributed by atoms with Gasteiger partial charge in [0.2, 0.25) is 10.0 Å². The van der Waals surface area contributed by atoms with E-state index in [1.54, 1.807) is 11.0 Å². The molecule has 15 heteroatoms. The van der Waals surface area contributed by atoms with Gasteiger partial charge in [0.1, 0.15) is 21.2 Å². The minimum absolute atomic E-state index is 0.0425. The number of hydrogen-bond donors (Lipinski definition) is 3. The fraction of sp³-hybridized carbons (Fsp3) is 0.440. The quantitative estimate of drug-likeness (QED) is 0.433. The van der Waals surface area contributed by atoms with Crippen LogP contribution in [0.25, 0.3) is 0 Å². The summed E-state index contributed by atoms with van der Waals surface area (Å²) in [6.07, 6.45) is 3.61. The highest BCUT2D eigenvalue weighted by atomic mass is 32.2. The number of benzene rings is 1. The van der Waals surface area contributed by atoms with Gasteiger partial charge in [0, 0.05) is 30.6 Å². The molecule has 40 heavy (non-hydrogen) atoms. The fourth-order valence-corrected chi connectivity index (χ4v) is 9.56. The van der Waals surface area contributed by atoms with Gasteiger partial charge in [0.25, 0.3) is 15.9 Å². The van der Waals surface area contributed by atoms with Crippen LogP contribution < -0.4 is 14.8 Å². The molecule has 2 aliphatic heterocycles. The molecule has 0 spiro atoms. The topological polar surface area (TPSA) is 154 Å². The number of nitrogens with one attached hydrogen (secondary N) is 2. The number of fused-ring (bicyclic) bond motifs is 6. The Bertz CT molecular complexity index is 1700. The average molecular weight is 611 g/mol. The summed E-state index contributed by atoms with van der Waals surface area (Å²) in [4.78, 5) is 15.5. The van der Waals surface area contributed by atoms with E-state index >= 15 is 0 Å². The smallest absolute Gasteiger partial charge is 0.287 e. The van der Waals surface area contributed by atoms with Crippen LogP contribution in [0.3, 0.4) is 0 Å². The molecule has 4 aliphatic rings. The van der Waals surface area contributed by atoms with Gasteiger partial charge in [-0.15, -0.1) is 15.7 Å². The number of nitrogens with zero attached hydrogens (tertiary/aromatic N) is 2. The van der Waals surface area contributed by atoms with Gasteiger partial charge < -0.3 is 20.1 Å². The third kappa shape index (κ3) is 4.48. The number of carbonyl (C=O) groups is 1. The second kappa shape index (κ2) is 9.53. The van der Waals surface area contributed by atoms with Crippen molar-refractivity contribution in [1.82, 2.24) is 9.62 Å². The molecule has 1 aromatic carbocycles. The summed E-state index contributed by atoms with van der Waals surface area (Å²) in [5.41, 5.74) is 0.638. The molecule has 2 saturated carbocycles. The number of methoxy groups -OCH3 is 1. The maximum Gasteiger partial charge on any atom is 0.287 e. The number of aliphatic hydroxyl groups excluding tert-OH is 1. The van der Waals surface area contributed by atoms with E-state index in [9.17, 15) is 31.1 Å². The second-order valence-corrected chi connectivity index (χ2v) is 14.8. The zero-order valence-electron chi connectivity index (χ0n) is 21.5. The third-order valence-corrected chi connectivity index (χ3v) is 11.3. The first-order chi connectivity index (χ1) is 18.9. The van der Waals surface area contributed by atoms with Gasteiger partial charge in [-0.05, 0) is 54.2 Å². The first-order valence-corrected chi connectivity index (χ1v) is 16.8. The number of hydrogen-bond acceptors (Lipinski definition) is 9. The molecule has 4 atom stereocenters. The van der Waals surface area contributed by atoms with Gasteiger partial charge in [-0.3, -0.25) is 4.79 Å². The van der Waals surface area contributed by atoms with Crippen LogP contribution in [-0.2, 0) is 37.9 Å². The Morgan fingerprint density at radius 1 is 1.30 bits per heavy atom. The molecule has 2 fully saturated rings. The van der Waals surface area contributed by atoms with E-state index in [0.29, 0.717) is 5.56 Å². The van der Waals surface area contributed by atoms with Gasteiger partial charge in [-0.25, -0.2) is 17.5 Å². The highest BCUT2D eigenvalue weighted by Gasteiger charge is 2.57. The maximum atomic E-state index is 14.1. The molecule has 11 nitrogen and oxygen atoms in total. The lowest BCUT2D eigenvalue weighted by molar-refractivity contribution is -0.134. The van der Waals surface area contributed by atoms with E-state index in [1.165, 1.54) is 24.6 Å². The van der Waals surface area contributed by atoms with E-state index in [-0.39, 0.29) is 75.3 Å². The Balaban J connectivity index is 1.39. The minimum atomic E-state index is -4.34. The highest BCUT2D eigenvalue weighted by molar-refractivity contribution is 7.91. The molecule has 0 saturated heterocycles. The summed E-state index contributed by atoms with van der Waals surface area (Å²) in [6, 6.07) is 4.07. The number of ether oxygens (including phenoxy) is 1. The monoisotopic (exact) mass is 610 g/mol. The average Bonchev–Trinajstić information content (AvgIpc) is 3.61. The van der Waals surface area contributed by atoms with Gasteiger partial charge in [0.05, 0.1) is 13.4 Å². The predicted octanol–water partition coefficient (Wildman–Crippen LogP) is 2.73. The number of amides is 1. The van der Waals surface area contributed by atoms with Crippen molar-refractivity contribution in [3.05, 3.63) is 51.9 Å². The van der Waals surface area contributed by atoms with Gasteiger partial charge in [-0.1, -0.05) is 6.07 Å². The molecule has 3 N–H and O–H groups in total. The molecule has 6 rings (SSSR count). The number of rotatable bonds is 7. The minimum Gasteiger partial charge on any atom is -0.511 e. The number of anilines is 1. The Morgan fingerprint density at radius 3 is 2.77 bits per heavy atom. The van der Waals surface area contributed by atoms with E-state index < -0.39 is 31.8 Å². The van der Waals surface area contributed by atoms with Crippen LogP contribution in [0.2, 0.25) is 0 Å². The lowest BCUT2D eigenvalue weighted by Gasteiger charge is -2.44. The Hall–Kier alpha value is -3.01. The highest BCUT2D eigenvalue weighted by Crippen LogP contribution is 2.55. The van der Waals surface area contributed by atoms with Crippen molar-refractivity contribution < 1.29 is 35.9 Å². The summed E-state index contributed by atoms with van der Waals surface area (Å²) in [5.74, 6) is -1.57.